The summed E-state index contributed by atoms with van der Waals surface area (Å²) in [4.78, 5) is 4.23. The molecule has 0 unspecified atom stereocenters. The Morgan fingerprint density at radius 2 is 2.20 bits per heavy atom. The van der Waals surface area contributed by atoms with E-state index in [0.717, 1.165) is 16.7 Å². The van der Waals surface area contributed by atoms with Gasteiger partial charge in [-0.05, 0) is 19.9 Å². The molecule has 2 rings (SSSR count). The maximum atomic E-state index is 9.74. The number of hydrogen-bond donors (Lipinski definition) is 1. The number of fused-ring (bicyclic) bond motifs is 1. The highest BCUT2D eigenvalue weighted by molar-refractivity contribution is 5.76. The summed E-state index contributed by atoms with van der Waals surface area (Å²) in [5, 5.41) is 17.7. The fourth-order valence-electron chi connectivity index (χ4n) is 1.55. The second-order valence-electron chi connectivity index (χ2n) is 4.33. The number of aromatic nitrogens is 4. The Hall–Kier alpha value is -1.49. The highest BCUT2D eigenvalue weighted by atomic mass is 16.3. The molecule has 2 aromatic heterocycles. The van der Waals surface area contributed by atoms with E-state index in [0.29, 0.717) is 6.42 Å². The standard InChI is InChI=1S/C10H14N4O/c1-10(2,15)6-7-9-8(4-5-11-7)14(3)13-12-9/h4-5,15H,6H2,1-3H3. The lowest BCUT2D eigenvalue weighted by Gasteiger charge is -2.15. The lowest BCUT2D eigenvalue weighted by molar-refractivity contribution is 0.0803. The van der Waals surface area contributed by atoms with Crippen LogP contribution in [-0.2, 0) is 13.5 Å². The molecule has 0 amide bonds. The third-order valence-corrected chi connectivity index (χ3v) is 2.21. The molecule has 0 saturated carbocycles. The van der Waals surface area contributed by atoms with Crippen LogP contribution in [0.3, 0.4) is 0 Å². The van der Waals surface area contributed by atoms with Crippen LogP contribution in [0.2, 0.25) is 0 Å². The average Bonchev–Trinajstić information content (AvgIpc) is 2.47. The van der Waals surface area contributed by atoms with Crippen molar-refractivity contribution in [3.05, 3.63) is 18.0 Å². The summed E-state index contributed by atoms with van der Waals surface area (Å²) in [7, 11) is 1.84. The largest absolute Gasteiger partial charge is 0.390 e. The molecule has 0 radical (unpaired) electrons. The van der Waals surface area contributed by atoms with Crippen molar-refractivity contribution in [2.24, 2.45) is 7.05 Å². The number of hydrogen-bond acceptors (Lipinski definition) is 4. The zero-order valence-corrected chi connectivity index (χ0v) is 9.10. The van der Waals surface area contributed by atoms with E-state index < -0.39 is 5.60 Å². The van der Waals surface area contributed by atoms with E-state index in [1.807, 2.05) is 13.1 Å². The molecule has 2 heterocycles. The van der Waals surface area contributed by atoms with Gasteiger partial charge in [0, 0.05) is 19.7 Å². The van der Waals surface area contributed by atoms with Gasteiger partial charge in [-0.1, -0.05) is 5.21 Å². The molecule has 5 heteroatoms. The van der Waals surface area contributed by atoms with Crippen LogP contribution in [0.25, 0.3) is 11.0 Å². The Balaban J connectivity index is 2.52. The van der Waals surface area contributed by atoms with Crippen molar-refractivity contribution >= 4 is 11.0 Å². The first-order valence-electron chi connectivity index (χ1n) is 4.83. The Morgan fingerprint density at radius 3 is 2.87 bits per heavy atom. The van der Waals surface area contributed by atoms with Crippen molar-refractivity contribution in [3.8, 4) is 0 Å². The van der Waals surface area contributed by atoms with Gasteiger partial charge in [0.1, 0.15) is 5.52 Å². The second kappa shape index (κ2) is 3.27. The molecule has 0 aliphatic carbocycles. The van der Waals surface area contributed by atoms with Crippen molar-refractivity contribution < 1.29 is 5.11 Å². The van der Waals surface area contributed by atoms with Crippen LogP contribution in [0.4, 0.5) is 0 Å². The summed E-state index contributed by atoms with van der Waals surface area (Å²) >= 11 is 0. The number of aryl methyl sites for hydroxylation is 1. The van der Waals surface area contributed by atoms with Crippen molar-refractivity contribution in [1.82, 2.24) is 20.0 Å². The monoisotopic (exact) mass is 206 g/mol. The van der Waals surface area contributed by atoms with Gasteiger partial charge >= 0.3 is 0 Å². The van der Waals surface area contributed by atoms with E-state index in [9.17, 15) is 5.11 Å². The Kier molecular flexibility index (Phi) is 2.19. The lowest BCUT2D eigenvalue weighted by atomic mass is 10.0. The van der Waals surface area contributed by atoms with E-state index in [2.05, 4.69) is 15.3 Å². The van der Waals surface area contributed by atoms with E-state index in [1.54, 1.807) is 24.7 Å². The summed E-state index contributed by atoms with van der Waals surface area (Å²) in [6, 6.07) is 1.86. The summed E-state index contributed by atoms with van der Waals surface area (Å²) in [6.07, 6.45) is 2.19. The highest BCUT2D eigenvalue weighted by Crippen LogP contribution is 2.17. The van der Waals surface area contributed by atoms with Gasteiger partial charge in [-0.15, -0.1) is 5.10 Å². The fourth-order valence-corrected chi connectivity index (χ4v) is 1.55. The summed E-state index contributed by atoms with van der Waals surface area (Å²) in [5.41, 5.74) is 1.71. The minimum Gasteiger partial charge on any atom is -0.390 e. The predicted octanol–water partition coefficient (Wildman–Crippen LogP) is 0.677. The summed E-state index contributed by atoms with van der Waals surface area (Å²) in [5.74, 6) is 0. The molecule has 0 aliphatic rings. The van der Waals surface area contributed by atoms with Crippen LogP contribution in [0, 0.1) is 0 Å². The van der Waals surface area contributed by atoms with Gasteiger partial charge in [-0.25, -0.2) is 4.68 Å². The average molecular weight is 206 g/mol. The topological polar surface area (TPSA) is 63.8 Å². The molecule has 5 nitrogen and oxygen atoms in total. The van der Waals surface area contributed by atoms with Crippen LogP contribution in [0.1, 0.15) is 19.5 Å². The number of pyridine rings is 1. The molecule has 2 aromatic rings. The molecule has 0 aliphatic heterocycles. The van der Waals surface area contributed by atoms with Crippen molar-refractivity contribution in [2.45, 2.75) is 25.9 Å². The zero-order chi connectivity index (χ0) is 11.1. The van der Waals surface area contributed by atoms with Crippen molar-refractivity contribution in [3.63, 3.8) is 0 Å². The Bertz CT molecular complexity index is 484. The molecule has 0 saturated heterocycles. The lowest BCUT2D eigenvalue weighted by Crippen LogP contribution is -2.22. The van der Waals surface area contributed by atoms with Crippen LogP contribution in [0.15, 0.2) is 12.3 Å². The number of nitrogens with zero attached hydrogens (tertiary/aromatic N) is 4. The molecule has 0 aromatic carbocycles. The first-order valence-corrected chi connectivity index (χ1v) is 4.83. The van der Waals surface area contributed by atoms with Gasteiger partial charge in [-0.2, -0.15) is 0 Å². The SMILES string of the molecule is Cn1nnc2c(CC(C)(C)O)nccc21. The molecule has 0 spiro atoms. The van der Waals surface area contributed by atoms with Crippen molar-refractivity contribution in [2.75, 3.05) is 0 Å². The van der Waals surface area contributed by atoms with E-state index >= 15 is 0 Å². The number of aliphatic hydroxyl groups is 1. The molecular weight excluding hydrogens is 192 g/mol. The van der Waals surface area contributed by atoms with Crippen LogP contribution in [0.5, 0.6) is 0 Å². The minimum absolute atomic E-state index is 0.475. The maximum absolute atomic E-state index is 9.74. The molecule has 0 bridgehead atoms. The second-order valence-corrected chi connectivity index (χ2v) is 4.33. The summed E-state index contributed by atoms with van der Waals surface area (Å²) < 4.78 is 1.70. The number of rotatable bonds is 2. The predicted molar refractivity (Wildman–Crippen MR) is 56.3 cm³/mol. The Labute approximate surface area is 87.7 Å². The molecular formula is C10H14N4O. The smallest absolute Gasteiger partial charge is 0.134 e. The van der Waals surface area contributed by atoms with Crippen LogP contribution >= 0.6 is 0 Å². The van der Waals surface area contributed by atoms with E-state index in [-0.39, 0.29) is 0 Å². The molecule has 0 atom stereocenters. The minimum atomic E-state index is -0.779. The quantitative estimate of drug-likeness (QED) is 0.784. The van der Waals surface area contributed by atoms with Gasteiger partial charge in [0.05, 0.1) is 16.8 Å². The third-order valence-electron chi connectivity index (χ3n) is 2.21. The van der Waals surface area contributed by atoms with Gasteiger partial charge < -0.3 is 5.11 Å². The normalized spacial score (nSPS) is 12.3. The zero-order valence-electron chi connectivity index (χ0n) is 9.10. The first-order chi connectivity index (χ1) is 6.97. The molecule has 15 heavy (non-hydrogen) atoms. The van der Waals surface area contributed by atoms with E-state index in [4.69, 9.17) is 0 Å². The third kappa shape index (κ3) is 1.97. The molecule has 80 valence electrons. The van der Waals surface area contributed by atoms with Crippen molar-refractivity contribution in [1.29, 1.82) is 0 Å². The summed E-state index contributed by atoms with van der Waals surface area (Å²) in [6.45, 7) is 3.51. The molecule has 0 fully saturated rings. The first kappa shape index (κ1) is 10.0. The maximum Gasteiger partial charge on any atom is 0.134 e. The van der Waals surface area contributed by atoms with Gasteiger partial charge in [0.2, 0.25) is 0 Å². The fraction of sp³-hybridized carbons (Fsp3) is 0.500. The van der Waals surface area contributed by atoms with E-state index in [1.165, 1.54) is 0 Å². The van der Waals surface area contributed by atoms with Gasteiger partial charge in [0.25, 0.3) is 0 Å². The highest BCUT2D eigenvalue weighted by Gasteiger charge is 2.18. The van der Waals surface area contributed by atoms with Gasteiger partial charge in [-0.3, -0.25) is 4.98 Å². The van der Waals surface area contributed by atoms with Gasteiger partial charge in [0.15, 0.2) is 0 Å². The van der Waals surface area contributed by atoms with Crippen LogP contribution in [-0.4, -0.2) is 30.7 Å². The Morgan fingerprint density at radius 1 is 1.47 bits per heavy atom. The van der Waals surface area contributed by atoms with Crippen LogP contribution < -0.4 is 0 Å². The molecule has 1 N–H and O–H groups in total.